The maximum Gasteiger partial charge on any atom is 0.407 e. The number of hydrogen-bond donors (Lipinski definition) is 3. The van der Waals surface area contributed by atoms with Crippen LogP contribution in [0.2, 0.25) is 0 Å². The molecule has 1 aliphatic rings. The molecule has 46 heavy (non-hydrogen) atoms. The van der Waals surface area contributed by atoms with Gasteiger partial charge in [-0.3, -0.25) is 4.79 Å². The number of carbonyl (C=O) groups is 2. The molecule has 6 rings (SSSR count). The minimum absolute atomic E-state index is 0.0154. The Morgan fingerprint density at radius 2 is 1.59 bits per heavy atom. The molecule has 5 aromatic rings. The number of aryl methyl sites for hydroxylation is 2. The summed E-state index contributed by atoms with van der Waals surface area (Å²) in [6.07, 6.45) is 0.818. The van der Waals surface area contributed by atoms with E-state index in [1.165, 1.54) is 7.11 Å². The quantitative estimate of drug-likeness (QED) is 0.185. The summed E-state index contributed by atoms with van der Waals surface area (Å²) in [4.78, 5) is 31.4. The highest BCUT2D eigenvalue weighted by Crippen LogP contribution is 2.30. The smallest absolute Gasteiger partial charge is 0.407 e. The van der Waals surface area contributed by atoms with E-state index >= 15 is 0 Å². The van der Waals surface area contributed by atoms with Crippen LogP contribution in [0.15, 0.2) is 109 Å². The van der Waals surface area contributed by atoms with E-state index in [1.54, 1.807) is 0 Å². The van der Waals surface area contributed by atoms with Crippen molar-refractivity contribution in [1.82, 2.24) is 20.2 Å². The number of rotatable bonds is 10. The molecule has 1 unspecified atom stereocenters. The van der Waals surface area contributed by atoms with Gasteiger partial charge >= 0.3 is 6.09 Å². The average Bonchev–Trinajstić information content (AvgIpc) is 3.44. The third-order valence-corrected chi connectivity index (χ3v) is 8.63. The summed E-state index contributed by atoms with van der Waals surface area (Å²) in [6.45, 7) is 1.23. The summed E-state index contributed by atoms with van der Waals surface area (Å²) in [5, 5.41) is 9.55. The Labute approximate surface area is 268 Å². The number of ether oxygens (including phenoxy) is 2. The van der Waals surface area contributed by atoms with Crippen molar-refractivity contribution in [2.45, 2.75) is 36.9 Å². The fraction of sp³-hybridized carbons (Fsp3) is 0.270. The molecule has 0 spiro atoms. The van der Waals surface area contributed by atoms with E-state index < -0.39 is 18.1 Å². The second-order valence-corrected chi connectivity index (χ2v) is 11.5. The number of imidazole rings is 1. The summed E-state index contributed by atoms with van der Waals surface area (Å²) < 4.78 is 13.4. The maximum atomic E-state index is 14.0. The Morgan fingerprint density at radius 3 is 2.24 bits per heavy atom. The van der Waals surface area contributed by atoms with Crippen molar-refractivity contribution < 1.29 is 19.1 Å². The molecule has 0 radical (unpaired) electrons. The van der Waals surface area contributed by atoms with Gasteiger partial charge in [-0.15, -0.1) is 0 Å². The van der Waals surface area contributed by atoms with E-state index in [1.807, 2.05) is 110 Å². The first-order valence-corrected chi connectivity index (χ1v) is 15.6. The van der Waals surface area contributed by atoms with Gasteiger partial charge in [-0.25, -0.2) is 9.78 Å². The van der Waals surface area contributed by atoms with Crippen molar-refractivity contribution in [3.05, 3.63) is 132 Å². The van der Waals surface area contributed by atoms with Gasteiger partial charge in [-0.2, -0.15) is 0 Å². The lowest BCUT2D eigenvalue weighted by Crippen LogP contribution is -2.48. The molecular formula is C37H39N5O4. The van der Waals surface area contributed by atoms with Crippen molar-refractivity contribution in [2.24, 2.45) is 7.05 Å². The van der Waals surface area contributed by atoms with Crippen LogP contribution in [-0.4, -0.2) is 54.0 Å². The zero-order valence-electron chi connectivity index (χ0n) is 26.1. The molecule has 0 saturated carbocycles. The number of amides is 2. The van der Waals surface area contributed by atoms with Crippen LogP contribution in [0.1, 0.15) is 40.9 Å². The number of alkyl carbamates (subject to hydrolysis) is 1. The van der Waals surface area contributed by atoms with Crippen molar-refractivity contribution in [2.75, 3.05) is 25.6 Å². The van der Waals surface area contributed by atoms with Gasteiger partial charge in [0.15, 0.2) is 0 Å². The summed E-state index contributed by atoms with van der Waals surface area (Å²) >= 11 is 0. The number of morpholine rings is 1. The molecule has 0 aliphatic carbocycles. The van der Waals surface area contributed by atoms with Crippen molar-refractivity contribution in [1.29, 1.82) is 0 Å². The van der Waals surface area contributed by atoms with Crippen molar-refractivity contribution in [3.63, 3.8) is 0 Å². The van der Waals surface area contributed by atoms with Crippen LogP contribution in [0.5, 0.6) is 0 Å². The number of nitrogens with one attached hydrogen (secondary N) is 3. The monoisotopic (exact) mass is 617 g/mol. The average molecular weight is 618 g/mol. The molecule has 9 heteroatoms. The number of aromatic nitrogens is 2. The van der Waals surface area contributed by atoms with Crippen LogP contribution >= 0.6 is 0 Å². The fourth-order valence-electron chi connectivity index (χ4n) is 6.22. The maximum absolute atomic E-state index is 14.0. The fourth-order valence-corrected chi connectivity index (χ4v) is 6.22. The highest BCUT2D eigenvalue weighted by atomic mass is 16.5. The molecule has 4 aromatic carbocycles. The van der Waals surface area contributed by atoms with Gasteiger partial charge in [0, 0.05) is 25.2 Å². The lowest BCUT2D eigenvalue weighted by molar-refractivity contribution is -0.118. The zero-order valence-corrected chi connectivity index (χ0v) is 26.1. The van der Waals surface area contributed by atoms with E-state index in [0.717, 1.165) is 40.0 Å². The Kier molecular flexibility index (Phi) is 9.71. The number of para-hydroxylation sites is 3. The Morgan fingerprint density at radius 1 is 0.935 bits per heavy atom. The van der Waals surface area contributed by atoms with Gasteiger partial charge in [-0.1, -0.05) is 91.0 Å². The molecule has 2 amide bonds. The first kappa shape index (κ1) is 31.0. The lowest BCUT2D eigenvalue weighted by Gasteiger charge is -2.30. The molecule has 3 atom stereocenters. The standard InChI is InChI=1S/C37H39N5O4/c1-42-32-20-12-11-19-30(32)39-35(42)31-24-46-28(23-38-31)22-21-25-13-9-10-18-29(25)40-36(43)34(41-37(44)45-2)33(26-14-5-3-6-15-26)27-16-7-4-8-17-27/h3-20,28,31,33-34,38H,21-24H2,1-2H3,(H,40,43)(H,41,44)/t28-,31+,34?/m1/s1. The molecule has 1 saturated heterocycles. The van der Waals surface area contributed by atoms with Crippen LogP contribution in [0.3, 0.4) is 0 Å². The van der Waals surface area contributed by atoms with Crippen LogP contribution in [0, 0.1) is 0 Å². The molecular weight excluding hydrogens is 578 g/mol. The molecule has 1 aromatic heterocycles. The third kappa shape index (κ3) is 6.96. The van der Waals surface area contributed by atoms with Gasteiger partial charge in [-0.05, 0) is 47.7 Å². The Hall–Kier alpha value is -4.99. The zero-order chi connectivity index (χ0) is 31.9. The first-order chi connectivity index (χ1) is 22.5. The van der Waals surface area contributed by atoms with Crippen LogP contribution in [0.4, 0.5) is 10.5 Å². The predicted octanol–water partition coefficient (Wildman–Crippen LogP) is 5.73. The molecule has 1 fully saturated rings. The highest BCUT2D eigenvalue weighted by Gasteiger charge is 2.33. The Bertz CT molecular complexity index is 1730. The summed E-state index contributed by atoms with van der Waals surface area (Å²) in [5.41, 5.74) is 5.57. The molecule has 2 heterocycles. The molecule has 3 N–H and O–H groups in total. The molecule has 236 valence electrons. The van der Waals surface area contributed by atoms with Gasteiger partial charge in [0.2, 0.25) is 5.91 Å². The largest absolute Gasteiger partial charge is 0.453 e. The summed E-state index contributed by atoms with van der Waals surface area (Å²) in [6, 6.07) is 34.4. The number of fused-ring (bicyclic) bond motifs is 1. The number of hydrogen-bond acceptors (Lipinski definition) is 6. The number of nitrogens with zero attached hydrogens (tertiary/aromatic N) is 2. The molecule has 9 nitrogen and oxygen atoms in total. The Balaban J connectivity index is 1.15. The van der Waals surface area contributed by atoms with Crippen LogP contribution in [-0.2, 0) is 27.7 Å². The topological polar surface area (TPSA) is 107 Å². The van der Waals surface area contributed by atoms with Crippen LogP contribution < -0.4 is 16.0 Å². The minimum Gasteiger partial charge on any atom is -0.453 e. The number of carbonyl (C=O) groups excluding carboxylic acids is 2. The van der Waals surface area contributed by atoms with E-state index in [-0.39, 0.29) is 18.1 Å². The van der Waals surface area contributed by atoms with Crippen LogP contribution in [0.25, 0.3) is 11.0 Å². The molecule has 1 aliphatic heterocycles. The summed E-state index contributed by atoms with van der Waals surface area (Å²) in [7, 11) is 3.33. The SMILES string of the molecule is COC(=O)NC(C(=O)Nc1ccccc1CC[C@@H]1CN[C@H](c2nc3ccccc3n2C)CO1)C(c1ccccc1)c1ccccc1. The van der Waals surface area contributed by atoms with Gasteiger partial charge in [0.1, 0.15) is 11.9 Å². The number of methoxy groups -OCH3 is 1. The third-order valence-electron chi connectivity index (χ3n) is 8.63. The second kappa shape index (κ2) is 14.4. The number of benzene rings is 4. The normalized spacial score (nSPS) is 17.0. The van der Waals surface area contributed by atoms with Crippen molar-refractivity contribution >= 4 is 28.7 Å². The lowest BCUT2D eigenvalue weighted by atomic mass is 9.84. The van der Waals surface area contributed by atoms with E-state index in [2.05, 4.69) is 26.6 Å². The first-order valence-electron chi connectivity index (χ1n) is 15.6. The molecule has 0 bridgehead atoms. The highest BCUT2D eigenvalue weighted by molar-refractivity contribution is 5.98. The van der Waals surface area contributed by atoms with Gasteiger partial charge < -0.3 is 30.0 Å². The number of anilines is 1. The minimum atomic E-state index is -0.934. The van der Waals surface area contributed by atoms with E-state index in [0.29, 0.717) is 25.3 Å². The predicted molar refractivity (Wildman–Crippen MR) is 179 cm³/mol. The second-order valence-electron chi connectivity index (χ2n) is 11.5. The van der Waals surface area contributed by atoms with Crippen molar-refractivity contribution in [3.8, 4) is 0 Å². The van der Waals surface area contributed by atoms with E-state index in [4.69, 9.17) is 14.5 Å². The van der Waals surface area contributed by atoms with Gasteiger partial charge in [0.25, 0.3) is 0 Å². The van der Waals surface area contributed by atoms with Gasteiger partial charge in [0.05, 0.1) is 36.9 Å². The summed E-state index contributed by atoms with van der Waals surface area (Å²) in [5.74, 6) is 0.184. The van der Waals surface area contributed by atoms with E-state index in [9.17, 15) is 9.59 Å².